The molecule has 0 aliphatic rings. The second-order valence-electron chi connectivity index (χ2n) is 3.36. The largest absolute Gasteiger partial charge is 0.315 e. The zero-order chi connectivity index (χ0) is 11.3. The average Bonchev–Trinajstić information content (AvgIpc) is 2.28. The molecule has 3 heteroatoms. The van der Waals surface area contributed by atoms with Crippen LogP contribution in [0.2, 0.25) is 0 Å². The maximum Gasteiger partial charge on any atom is 0.226 e. The summed E-state index contributed by atoms with van der Waals surface area (Å²) in [5.41, 5.74) is 1.34. The standard InChI is InChI=1S/C12H14N2O/c1-3-5-12(15)14(2)11-7-4-6-10(8-11)9-13/h4,6-8H,3,5H2,1-2H3. The quantitative estimate of drug-likeness (QED) is 0.755. The molecule has 0 saturated carbocycles. The topological polar surface area (TPSA) is 44.1 Å². The van der Waals surface area contributed by atoms with Gasteiger partial charge in [0.25, 0.3) is 0 Å². The minimum absolute atomic E-state index is 0.0765. The van der Waals surface area contributed by atoms with Crippen LogP contribution in [0.4, 0.5) is 5.69 Å². The van der Waals surface area contributed by atoms with E-state index in [9.17, 15) is 4.79 Å². The number of rotatable bonds is 3. The first-order chi connectivity index (χ1) is 7.19. The van der Waals surface area contributed by atoms with Crippen LogP contribution in [0.1, 0.15) is 25.3 Å². The Kier molecular flexibility index (Phi) is 3.87. The predicted molar refractivity (Wildman–Crippen MR) is 59.5 cm³/mol. The molecular weight excluding hydrogens is 188 g/mol. The van der Waals surface area contributed by atoms with Gasteiger partial charge in [0, 0.05) is 19.2 Å². The predicted octanol–water partition coefficient (Wildman–Crippen LogP) is 2.32. The summed E-state index contributed by atoms with van der Waals surface area (Å²) in [6, 6.07) is 9.10. The van der Waals surface area contributed by atoms with Gasteiger partial charge in [-0.1, -0.05) is 13.0 Å². The summed E-state index contributed by atoms with van der Waals surface area (Å²) < 4.78 is 0. The maximum absolute atomic E-state index is 11.6. The summed E-state index contributed by atoms with van der Waals surface area (Å²) in [7, 11) is 1.73. The molecule has 0 aromatic heterocycles. The highest BCUT2D eigenvalue weighted by Crippen LogP contribution is 2.15. The van der Waals surface area contributed by atoms with Crippen molar-refractivity contribution in [1.82, 2.24) is 0 Å². The highest BCUT2D eigenvalue weighted by molar-refractivity contribution is 5.92. The number of anilines is 1. The zero-order valence-electron chi connectivity index (χ0n) is 9.03. The van der Waals surface area contributed by atoms with Crippen molar-refractivity contribution in [2.24, 2.45) is 0 Å². The van der Waals surface area contributed by atoms with Gasteiger partial charge in [-0.2, -0.15) is 5.26 Å². The molecule has 1 aromatic rings. The minimum atomic E-state index is 0.0765. The van der Waals surface area contributed by atoms with Crippen LogP contribution in [0.25, 0.3) is 0 Å². The average molecular weight is 202 g/mol. The van der Waals surface area contributed by atoms with Crippen LogP contribution in [-0.4, -0.2) is 13.0 Å². The van der Waals surface area contributed by atoms with Gasteiger partial charge < -0.3 is 4.90 Å². The van der Waals surface area contributed by atoms with Crippen molar-refractivity contribution in [2.45, 2.75) is 19.8 Å². The van der Waals surface area contributed by atoms with Gasteiger partial charge in [-0.3, -0.25) is 4.79 Å². The lowest BCUT2D eigenvalue weighted by Gasteiger charge is -2.16. The van der Waals surface area contributed by atoms with Crippen LogP contribution in [0, 0.1) is 11.3 Å². The summed E-state index contributed by atoms with van der Waals surface area (Å²) in [6.07, 6.45) is 1.37. The van der Waals surface area contributed by atoms with Gasteiger partial charge >= 0.3 is 0 Å². The molecule has 1 rings (SSSR count). The molecule has 0 saturated heterocycles. The number of nitrogens with zero attached hydrogens (tertiary/aromatic N) is 2. The van der Waals surface area contributed by atoms with E-state index in [2.05, 4.69) is 6.07 Å². The molecule has 0 atom stereocenters. The molecule has 78 valence electrons. The van der Waals surface area contributed by atoms with Crippen molar-refractivity contribution < 1.29 is 4.79 Å². The van der Waals surface area contributed by atoms with Crippen LogP contribution in [0.5, 0.6) is 0 Å². The van der Waals surface area contributed by atoms with E-state index in [0.29, 0.717) is 12.0 Å². The van der Waals surface area contributed by atoms with Crippen LogP contribution >= 0.6 is 0 Å². The Bertz CT molecular complexity index is 393. The fraction of sp³-hybridized carbons (Fsp3) is 0.333. The number of hydrogen-bond donors (Lipinski definition) is 0. The van der Waals surface area contributed by atoms with Crippen molar-refractivity contribution in [2.75, 3.05) is 11.9 Å². The van der Waals surface area contributed by atoms with E-state index in [0.717, 1.165) is 12.1 Å². The third kappa shape index (κ3) is 2.81. The van der Waals surface area contributed by atoms with E-state index in [1.54, 1.807) is 30.1 Å². The van der Waals surface area contributed by atoms with Crippen LogP contribution in [0.15, 0.2) is 24.3 Å². The van der Waals surface area contributed by atoms with Gasteiger partial charge in [0.05, 0.1) is 11.6 Å². The lowest BCUT2D eigenvalue weighted by atomic mass is 10.2. The van der Waals surface area contributed by atoms with Gasteiger partial charge in [0.1, 0.15) is 0 Å². The van der Waals surface area contributed by atoms with Crippen LogP contribution in [0.3, 0.4) is 0 Å². The molecule has 0 unspecified atom stereocenters. The summed E-state index contributed by atoms with van der Waals surface area (Å²) in [5.74, 6) is 0.0765. The number of hydrogen-bond acceptors (Lipinski definition) is 2. The molecule has 1 aromatic carbocycles. The van der Waals surface area contributed by atoms with Crippen molar-refractivity contribution in [3.63, 3.8) is 0 Å². The fourth-order valence-electron chi connectivity index (χ4n) is 1.31. The number of carbonyl (C=O) groups is 1. The van der Waals surface area contributed by atoms with Crippen molar-refractivity contribution in [1.29, 1.82) is 5.26 Å². The van der Waals surface area contributed by atoms with Crippen molar-refractivity contribution in [3.8, 4) is 6.07 Å². The van der Waals surface area contributed by atoms with E-state index >= 15 is 0 Å². The normalized spacial score (nSPS) is 9.40. The molecule has 0 spiro atoms. The van der Waals surface area contributed by atoms with E-state index in [-0.39, 0.29) is 5.91 Å². The SMILES string of the molecule is CCCC(=O)N(C)c1cccc(C#N)c1. The number of carbonyl (C=O) groups excluding carboxylic acids is 1. The van der Waals surface area contributed by atoms with Gasteiger partial charge in [0.2, 0.25) is 5.91 Å². The first-order valence-corrected chi connectivity index (χ1v) is 4.95. The van der Waals surface area contributed by atoms with Gasteiger partial charge in [-0.15, -0.1) is 0 Å². The van der Waals surface area contributed by atoms with E-state index in [1.165, 1.54) is 0 Å². The van der Waals surface area contributed by atoms with Gasteiger partial charge in [-0.25, -0.2) is 0 Å². The Morgan fingerprint density at radius 1 is 1.53 bits per heavy atom. The summed E-state index contributed by atoms with van der Waals surface area (Å²) in [6.45, 7) is 1.97. The highest BCUT2D eigenvalue weighted by Gasteiger charge is 2.09. The molecule has 3 nitrogen and oxygen atoms in total. The van der Waals surface area contributed by atoms with Gasteiger partial charge in [0.15, 0.2) is 0 Å². The molecule has 1 amide bonds. The van der Waals surface area contributed by atoms with Crippen molar-refractivity contribution in [3.05, 3.63) is 29.8 Å². The van der Waals surface area contributed by atoms with Crippen LogP contribution < -0.4 is 4.90 Å². The van der Waals surface area contributed by atoms with E-state index < -0.39 is 0 Å². The molecule has 0 fully saturated rings. The van der Waals surface area contributed by atoms with E-state index in [1.807, 2.05) is 13.0 Å². The molecule has 15 heavy (non-hydrogen) atoms. The molecule has 0 bridgehead atoms. The molecule has 0 heterocycles. The smallest absolute Gasteiger partial charge is 0.226 e. The first-order valence-electron chi connectivity index (χ1n) is 4.95. The van der Waals surface area contributed by atoms with E-state index in [4.69, 9.17) is 5.26 Å². The fourth-order valence-corrected chi connectivity index (χ4v) is 1.31. The molecule has 0 aliphatic heterocycles. The molecule has 0 aliphatic carbocycles. The molecular formula is C12H14N2O. The number of amides is 1. The Labute approximate surface area is 89.9 Å². The molecule has 0 radical (unpaired) electrons. The summed E-state index contributed by atoms with van der Waals surface area (Å²) >= 11 is 0. The Morgan fingerprint density at radius 3 is 2.87 bits per heavy atom. The Hall–Kier alpha value is -1.82. The minimum Gasteiger partial charge on any atom is -0.315 e. The second-order valence-corrected chi connectivity index (χ2v) is 3.36. The number of benzene rings is 1. The monoisotopic (exact) mass is 202 g/mol. The zero-order valence-corrected chi connectivity index (χ0v) is 9.03. The van der Waals surface area contributed by atoms with Crippen LogP contribution in [-0.2, 0) is 4.79 Å². The lowest BCUT2D eigenvalue weighted by Crippen LogP contribution is -2.25. The maximum atomic E-state index is 11.6. The first kappa shape index (κ1) is 11.3. The van der Waals surface area contributed by atoms with Gasteiger partial charge in [-0.05, 0) is 24.6 Å². The third-order valence-corrected chi connectivity index (χ3v) is 2.20. The molecule has 0 N–H and O–H groups in total. The Balaban J connectivity index is 2.87. The van der Waals surface area contributed by atoms with Crippen molar-refractivity contribution >= 4 is 11.6 Å². The Morgan fingerprint density at radius 2 is 2.27 bits per heavy atom. The third-order valence-electron chi connectivity index (χ3n) is 2.20. The second kappa shape index (κ2) is 5.16. The lowest BCUT2D eigenvalue weighted by molar-refractivity contribution is -0.118. The summed E-state index contributed by atoms with van der Waals surface area (Å²) in [4.78, 5) is 13.2. The highest BCUT2D eigenvalue weighted by atomic mass is 16.2. The summed E-state index contributed by atoms with van der Waals surface area (Å²) in [5, 5.41) is 8.73. The number of nitriles is 1.